The van der Waals surface area contributed by atoms with Gasteiger partial charge in [-0.2, -0.15) is 0 Å². The average molecular weight is 449 g/mol. The standard InChI is InChI=1S/C25H24N2O4S/c1-15-9-10-19-17(12-22(28)31-23(19)16(15)2)14-32-25-26-21-8-4-3-7-20(21)24(29)27(25)13-18-6-5-11-30-18/h3-4,7-10,12,18H,5-6,11,13-14H2,1-2H3. The maximum atomic E-state index is 13.3. The van der Waals surface area contributed by atoms with Crippen molar-refractivity contribution < 1.29 is 9.15 Å². The van der Waals surface area contributed by atoms with Gasteiger partial charge in [-0.05, 0) is 55.5 Å². The van der Waals surface area contributed by atoms with Crippen LogP contribution < -0.4 is 11.2 Å². The molecular formula is C25H24N2O4S. The van der Waals surface area contributed by atoms with Crippen LogP contribution in [0.5, 0.6) is 0 Å². The van der Waals surface area contributed by atoms with E-state index in [-0.39, 0.29) is 17.3 Å². The summed E-state index contributed by atoms with van der Waals surface area (Å²) in [4.78, 5) is 30.3. The molecule has 1 saturated heterocycles. The molecule has 164 valence electrons. The van der Waals surface area contributed by atoms with Crippen LogP contribution in [-0.2, 0) is 17.0 Å². The van der Waals surface area contributed by atoms with Gasteiger partial charge in [-0.25, -0.2) is 9.78 Å². The van der Waals surface area contributed by atoms with Crippen LogP contribution in [0.25, 0.3) is 21.9 Å². The Kier molecular flexibility index (Phi) is 5.61. The molecule has 4 aromatic rings. The predicted molar refractivity (Wildman–Crippen MR) is 126 cm³/mol. The largest absolute Gasteiger partial charge is 0.422 e. The first-order valence-electron chi connectivity index (χ1n) is 10.8. The van der Waals surface area contributed by atoms with E-state index in [9.17, 15) is 9.59 Å². The molecule has 5 rings (SSSR count). The molecule has 0 aliphatic carbocycles. The minimum absolute atomic E-state index is 0.0187. The van der Waals surface area contributed by atoms with Gasteiger partial charge in [0.15, 0.2) is 5.16 Å². The number of benzene rings is 2. The second kappa shape index (κ2) is 8.56. The second-order valence-electron chi connectivity index (χ2n) is 8.23. The fourth-order valence-electron chi connectivity index (χ4n) is 4.20. The Balaban J connectivity index is 1.56. The van der Waals surface area contributed by atoms with E-state index in [1.165, 1.54) is 17.8 Å². The van der Waals surface area contributed by atoms with Gasteiger partial charge in [0, 0.05) is 23.8 Å². The Bertz CT molecular complexity index is 1430. The molecule has 3 heterocycles. The molecule has 1 atom stereocenters. The summed E-state index contributed by atoms with van der Waals surface area (Å²) in [6, 6.07) is 13.0. The van der Waals surface area contributed by atoms with E-state index in [1.54, 1.807) is 4.57 Å². The number of nitrogens with zero attached hydrogens (tertiary/aromatic N) is 2. The monoisotopic (exact) mass is 448 g/mol. The fourth-order valence-corrected chi connectivity index (χ4v) is 5.20. The van der Waals surface area contributed by atoms with Crippen molar-refractivity contribution in [1.82, 2.24) is 9.55 Å². The molecule has 1 fully saturated rings. The van der Waals surface area contributed by atoms with E-state index in [0.717, 1.165) is 41.5 Å². The van der Waals surface area contributed by atoms with Gasteiger partial charge in [0.05, 0.1) is 23.6 Å². The number of para-hydroxylation sites is 1. The topological polar surface area (TPSA) is 74.3 Å². The zero-order valence-corrected chi connectivity index (χ0v) is 18.9. The number of aryl methyl sites for hydroxylation is 2. The van der Waals surface area contributed by atoms with Gasteiger partial charge in [-0.3, -0.25) is 9.36 Å². The lowest BCUT2D eigenvalue weighted by Crippen LogP contribution is -2.28. The highest BCUT2D eigenvalue weighted by Crippen LogP contribution is 2.29. The maximum absolute atomic E-state index is 13.3. The van der Waals surface area contributed by atoms with Crippen LogP contribution in [0.15, 0.2) is 61.6 Å². The molecule has 1 aliphatic rings. The van der Waals surface area contributed by atoms with Crippen LogP contribution in [0.3, 0.4) is 0 Å². The molecule has 0 N–H and O–H groups in total. The van der Waals surface area contributed by atoms with E-state index in [2.05, 4.69) is 0 Å². The molecule has 2 aromatic carbocycles. The van der Waals surface area contributed by atoms with Crippen molar-refractivity contribution in [2.24, 2.45) is 0 Å². The summed E-state index contributed by atoms with van der Waals surface area (Å²) in [5, 5.41) is 2.15. The molecule has 0 spiro atoms. The summed E-state index contributed by atoms with van der Waals surface area (Å²) in [6.45, 7) is 5.17. The molecule has 1 unspecified atom stereocenters. The van der Waals surface area contributed by atoms with E-state index >= 15 is 0 Å². The molecule has 0 radical (unpaired) electrons. The SMILES string of the molecule is Cc1ccc2c(CSc3nc4ccccc4c(=O)n3CC3CCCO3)cc(=O)oc2c1C. The number of rotatable bonds is 5. The molecule has 0 bridgehead atoms. The van der Waals surface area contributed by atoms with Crippen molar-refractivity contribution >= 4 is 33.6 Å². The molecule has 2 aromatic heterocycles. The van der Waals surface area contributed by atoms with Crippen LogP contribution in [0.4, 0.5) is 0 Å². The molecule has 1 aliphatic heterocycles. The summed E-state index contributed by atoms with van der Waals surface area (Å²) in [6.07, 6.45) is 1.96. The average Bonchev–Trinajstić information content (AvgIpc) is 3.30. The Morgan fingerprint density at radius 3 is 2.78 bits per heavy atom. The van der Waals surface area contributed by atoms with E-state index in [0.29, 0.717) is 33.9 Å². The number of hydrogen-bond acceptors (Lipinski definition) is 6. The van der Waals surface area contributed by atoms with Crippen LogP contribution in [0.2, 0.25) is 0 Å². The minimum atomic E-state index is -0.370. The molecule has 32 heavy (non-hydrogen) atoms. The molecule has 6 nitrogen and oxygen atoms in total. The van der Waals surface area contributed by atoms with Gasteiger partial charge >= 0.3 is 5.63 Å². The maximum Gasteiger partial charge on any atom is 0.336 e. The number of fused-ring (bicyclic) bond motifs is 2. The molecule has 0 saturated carbocycles. The molecular weight excluding hydrogens is 424 g/mol. The number of thioether (sulfide) groups is 1. The highest BCUT2D eigenvalue weighted by atomic mass is 32.2. The smallest absolute Gasteiger partial charge is 0.336 e. The first-order valence-corrected chi connectivity index (χ1v) is 11.8. The molecule has 0 amide bonds. The van der Waals surface area contributed by atoms with Crippen molar-refractivity contribution in [2.75, 3.05) is 6.61 Å². The Morgan fingerprint density at radius 1 is 1.12 bits per heavy atom. The third kappa shape index (κ3) is 3.87. The fraction of sp³-hybridized carbons (Fsp3) is 0.320. The highest BCUT2D eigenvalue weighted by molar-refractivity contribution is 7.98. The number of ether oxygens (including phenoxy) is 1. The van der Waals surface area contributed by atoms with Crippen molar-refractivity contribution in [2.45, 2.75) is 50.2 Å². The lowest BCUT2D eigenvalue weighted by molar-refractivity contribution is 0.0937. The van der Waals surface area contributed by atoms with Gasteiger partial charge in [0.1, 0.15) is 5.58 Å². The lowest BCUT2D eigenvalue weighted by atomic mass is 10.0. The molecule has 7 heteroatoms. The van der Waals surface area contributed by atoms with Crippen LogP contribution in [-0.4, -0.2) is 22.3 Å². The van der Waals surface area contributed by atoms with Gasteiger partial charge in [-0.15, -0.1) is 0 Å². The van der Waals surface area contributed by atoms with Gasteiger partial charge in [-0.1, -0.05) is 36.0 Å². The highest BCUT2D eigenvalue weighted by Gasteiger charge is 2.20. The predicted octanol–water partition coefficient (Wildman–Crippen LogP) is 4.59. The van der Waals surface area contributed by atoms with Crippen molar-refractivity contribution in [3.63, 3.8) is 0 Å². The van der Waals surface area contributed by atoms with Crippen LogP contribution in [0.1, 0.15) is 29.5 Å². The zero-order valence-electron chi connectivity index (χ0n) is 18.1. The van der Waals surface area contributed by atoms with E-state index in [1.807, 2.05) is 50.2 Å². The normalized spacial score (nSPS) is 16.2. The van der Waals surface area contributed by atoms with Gasteiger partial charge in [0.2, 0.25) is 0 Å². The zero-order chi connectivity index (χ0) is 22.2. The first-order chi connectivity index (χ1) is 15.5. The Morgan fingerprint density at radius 2 is 1.97 bits per heavy atom. The van der Waals surface area contributed by atoms with Gasteiger partial charge < -0.3 is 9.15 Å². The Labute approximate surface area is 189 Å². The Hall–Kier alpha value is -2.90. The summed E-state index contributed by atoms with van der Waals surface area (Å²) in [7, 11) is 0. The third-order valence-electron chi connectivity index (χ3n) is 6.11. The summed E-state index contributed by atoms with van der Waals surface area (Å²) >= 11 is 1.46. The summed E-state index contributed by atoms with van der Waals surface area (Å²) in [5.41, 5.74) is 3.78. The van der Waals surface area contributed by atoms with Crippen molar-refractivity contribution in [3.05, 3.63) is 79.9 Å². The van der Waals surface area contributed by atoms with Crippen molar-refractivity contribution in [3.8, 4) is 0 Å². The van der Waals surface area contributed by atoms with Crippen LogP contribution in [0, 0.1) is 13.8 Å². The van der Waals surface area contributed by atoms with Crippen molar-refractivity contribution in [1.29, 1.82) is 0 Å². The second-order valence-corrected chi connectivity index (χ2v) is 9.17. The number of aromatic nitrogens is 2. The first kappa shape index (κ1) is 21.0. The summed E-state index contributed by atoms with van der Waals surface area (Å²) < 4.78 is 13.0. The minimum Gasteiger partial charge on any atom is -0.422 e. The lowest BCUT2D eigenvalue weighted by Gasteiger charge is -2.17. The quantitative estimate of drug-likeness (QED) is 0.253. The van der Waals surface area contributed by atoms with E-state index < -0.39 is 0 Å². The van der Waals surface area contributed by atoms with E-state index in [4.69, 9.17) is 14.1 Å². The van der Waals surface area contributed by atoms with Crippen LogP contribution >= 0.6 is 11.8 Å². The third-order valence-corrected chi connectivity index (χ3v) is 7.14. The summed E-state index contributed by atoms with van der Waals surface area (Å²) in [5.74, 6) is 0.501. The van der Waals surface area contributed by atoms with Gasteiger partial charge in [0.25, 0.3) is 5.56 Å². The number of hydrogen-bond donors (Lipinski definition) is 0.